The highest BCUT2D eigenvalue weighted by atomic mass is 16.1. The van der Waals surface area contributed by atoms with Gasteiger partial charge in [0, 0.05) is 24.8 Å². The molecule has 1 heterocycles. The van der Waals surface area contributed by atoms with Gasteiger partial charge in [-0.25, -0.2) is 0 Å². The number of hydrogen-bond donors (Lipinski definition) is 1. The van der Waals surface area contributed by atoms with Crippen LogP contribution in [0.3, 0.4) is 0 Å². The van der Waals surface area contributed by atoms with Crippen molar-refractivity contribution in [2.24, 2.45) is 18.9 Å². The predicted molar refractivity (Wildman–Crippen MR) is 85.2 cm³/mol. The van der Waals surface area contributed by atoms with Crippen LogP contribution < -0.4 is 5.32 Å². The average molecular weight is 291 g/mol. The van der Waals surface area contributed by atoms with E-state index in [0.29, 0.717) is 5.92 Å². The van der Waals surface area contributed by atoms with Crippen molar-refractivity contribution in [1.29, 1.82) is 0 Å². The first-order valence-electron chi connectivity index (χ1n) is 8.18. The highest BCUT2D eigenvalue weighted by molar-refractivity contribution is 5.83. The van der Waals surface area contributed by atoms with Crippen LogP contribution in [-0.4, -0.2) is 22.2 Å². The van der Waals surface area contributed by atoms with Crippen molar-refractivity contribution in [3.05, 3.63) is 17.0 Å². The van der Waals surface area contributed by atoms with Gasteiger partial charge in [-0.05, 0) is 45.4 Å². The lowest BCUT2D eigenvalue weighted by Gasteiger charge is -2.27. The molecule has 1 aliphatic rings. The van der Waals surface area contributed by atoms with Gasteiger partial charge in [0.15, 0.2) is 0 Å². The first-order chi connectivity index (χ1) is 9.90. The second-order valence-electron chi connectivity index (χ2n) is 6.81. The molecule has 118 valence electrons. The van der Waals surface area contributed by atoms with Crippen molar-refractivity contribution < 1.29 is 4.79 Å². The molecule has 3 atom stereocenters. The van der Waals surface area contributed by atoms with E-state index in [1.165, 1.54) is 25.7 Å². The first-order valence-corrected chi connectivity index (χ1v) is 8.18. The van der Waals surface area contributed by atoms with E-state index in [4.69, 9.17) is 0 Å². The summed E-state index contributed by atoms with van der Waals surface area (Å²) in [7, 11) is 1.93. The fourth-order valence-corrected chi connectivity index (χ4v) is 3.69. The Balaban J connectivity index is 1.93. The van der Waals surface area contributed by atoms with E-state index in [0.717, 1.165) is 29.4 Å². The van der Waals surface area contributed by atoms with Gasteiger partial charge in [-0.2, -0.15) is 5.10 Å². The Morgan fingerprint density at radius 2 is 2.14 bits per heavy atom. The zero-order chi connectivity index (χ0) is 15.6. The lowest BCUT2D eigenvalue weighted by atomic mass is 9.82. The van der Waals surface area contributed by atoms with E-state index < -0.39 is 0 Å². The Morgan fingerprint density at radius 3 is 2.71 bits per heavy atom. The largest absolute Gasteiger partial charge is 0.355 e. The Morgan fingerprint density at radius 1 is 1.43 bits per heavy atom. The number of nitrogens with one attached hydrogen (secondary N) is 1. The second-order valence-corrected chi connectivity index (χ2v) is 6.81. The van der Waals surface area contributed by atoms with Crippen LogP contribution in [0.15, 0.2) is 0 Å². The molecule has 0 aliphatic heterocycles. The summed E-state index contributed by atoms with van der Waals surface area (Å²) in [6.07, 6.45) is 5.15. The number of amides is 1. The summed E-state index contributed by atoms with van der Waals surface area (Å²) in [6.45, 7) is 9.14. The molecule has 0 bridgehead atoms. The summed E-state index contributed by atoms with van der Waals surface area (Å²) in [4.78, 5) is 12.4. The van der Waals surface area contributed by atoms with Gasteiger partial charge in [0.2, 0.25) is 5.91 Å². The molecular formula is C17H29N3O. The van der Waals surface area contributed by atoms with Crippen LogP contribution in [0.4, 0.5) is 0 Å². The highest BCUT2D eigenvalue weighted by Crippen LogP contribution is 2.28. The summed E-state index contributed by atoms with van der Waals surface area (Å²) >= 11 is 0. The zero-order valence-electron chi connectivity index (χ0n) is 14.1. The molecule has 1 amide bonds. The number of rotatable bonds is 4. The summed E-state index contributed by atoms with van der Waals surface area (Å²) in [5.41, 5.74) is 3.12. The fraction of sp³-hybridized carbons (Fsp3) is 0.765. The lowest BCUT2D eigenvalue weighted by molar-refractivity contribution is -0.122. The third kappa shape index (κ3) is 3.66. The average Bonchev–Trinajstić information content (AvgIpc) is 2.69. The van der Waals surface area contributed by atoms with Crippen molar-refractivity contribution in [3.63, 3.8) is 0 Å². The van der Waals surface area contributed by atoms with Crippen LogP contribution >= 0.6 is 0 Å². The molecule has 1 N–H and O–H groups in total. The van der Waals surface area contributed by atoms with Gasteiger partial charge in [-0.3, -0.25) is 9.48 Å². The molecule has 4 nitrogen and oxygen atoms in total. The Labute approximate surface area is 128 Å². The molecule has 0 saturated heterocycles. The minimum absolute atomic E-state index is 0.125. The van der Waals surface area contributed by atoms with Gasteiger partial charge < -0.3 is 5.32 Å². The van der Waals surface area contributed by atoms with Gasteiger partial charge in [0.05, 0.1) is 11.6 Å². The van der Waals surface area contributed by atoms with Crippen molar-refractivity contribution in [3.8, 4) is 0 Å². The van der Waals surface area contributed by atoms with Crippen LogP contribution in [0, 0.1) is 25.7 Å². The second kappa shape index (κ2) is 6.63. The zero-order valence-corrected chi connectivity index (χ0v) is 14.1. The number of nitrogens with zero attached hydrogens (tertiary/aromatic N) is 2. The molecule has 1 aromatic heterocycles. The summed E-state index contributed by atoms with van der Waals surface area (Å²) in [5, 5.41) is 7.57. The molecule has 1 aromatic rings. The maximum Gasteiger partial charge on any atom is 0.227 e. The first kappa shape index (κ1) is 16.1. The van der Waals surface area contributed by atoms with Gasteiger partial charge >= 0.3 is 0 Å². The van der Waals surface area contributed by atoms with Crippen LogP contribution in [-0.2, 0) is 11.8 Å². The van der Waals surface area contributed by atoms with E-state index >= 15 is 0 Å². The quantitative estimate of drug-likeness (QED) is 0.926. The number of aromatic nitrogens is 2. The van der Waals surface area contributed by atoms with Gasteiger partial charge in [-0.1, -0.05) is 19.8 Å². The van der Waals surface area contributed by atoms with E-state index in [-0.39, 0.29) is 11.8 Å². The SMILES string of the molecule is Cc1nn(C)c(C)c1C(C)C(=O)NCC1CCCC(C)C1. The van der Waals surface area contributed by atoms with Crippen LogP contribution in [0.5, 0.6) is 0 Å². The molecule has 1 fully saturated rings. The molecule has 4 heteroatoms. The molecule has 2 rings (SSSR count). The van der Waals surface area contributed by atoms with Crippen LogP contribution in [0.1, 0.15) is 62.4 Å². The molecule has 0 radical (unpaired) electrons. The molecule has 1 saturated carbocycles. The van der Waals surface area contributed by atoms with Crippen LogP contribution in [0.25, 0.3) is 0 Å². The summed E-state index contributed by atoms with van der Waals surface area (Å²) < 4.78 is 1.86. The van der Waals surface area contributed by atoms with Crippen LogP contribution in [0.2, 0.25) is 0 Å². The third-order valence-electron chi connectivity index (χ3n) is 5.00. The smallest absolute Gasteiger partial charge is 0.227 e. The van der Waals surface area contributed by atoms with Gasteiger partial charge in [-0.15, -0.1) is 0 Å². The van der Waals surface area contributed by atoms with Crippen molar-refractivity contribution in [1.82, 2.24) is 15.1 Å². The number of carbonyl (C=O) groups excluding carboxylic acids is 1. The van der Waals surface area contributed by atoms with Gasteiger partial charge in [0.25, 0.3) is 0 Å². The van der Waals surface area contributed by atoms with E-state index in [1.807, 2.05) is 32.5 Å². The molecule has 0 spiro atoms. The monoisotopic (exact) mass is 291 g/mol. The maximum atomic E-state index is 12.4. The fourth-order valence-electron chi connectivity index (χ4n) is 3.69. The maximum absolute atomic E-state index is 12.4. The minimum Gasteiger partial charge on any atom is -0.355 e. The van der Waals surface area contributed by atoms with Crippen molar-refractivity contribution in [2.75, 3.05) is 6.54 Å². The number of aryl methyl sites for hydroxylation is 2. The standard InChI is InChI=1S/C17H29N3O/c1-11-7-6-8-15(9-11)10-18-17(21)12(2)16-13(3)19-20(5)14(16)4/h11-12,15H,6-10H2,1-5H3,(H,18,21). The molecule has 21 heavy (non-hydrogen) atoms. The summed E-state index contributed by atoms with van der Waals surface area (Å²) in [5.74, 6) is 1.47. The predicted octanol–water partition coefficient (Wildman–Crippen LogP) is 3.08. The third-order valence-corrected chi connectivity index (χ3v) is 5.00. The van der Waals surface area contributed by atoms with E-state index in [9.17, 15) is 4.79 Å². The van der Waals surface area contributed by atoms with Gasteiger partial charge in [0.1, 0.15) is 0 Å². The summed E-state index contributed by atoms with van der Waals surface area (Å²) in [6, 6.07) is 0. The topological polar surface area (TPSA) is 46.9 Å². The molecule has 1 aliphatic carbocycles. The van der Waals surface area contributed by atoms with Crippen molar-refractivity contribution in [2.45, 2.75) is 59.3 Å². The van der Waals surface area contributed by atoms with E-state index in [1.54, 1.807) is 0 Å². The normalized spacial score (nSPS) is 23.9. The minimum atomic E-state index is -0.125. The highest BCUT2D eigenvalue weighted by Gasteiger charge is 2.24. The Bertz CT molecular complexity index is 506. The van der Waals surface area contributed by atoms with Crippen molar-refractivity contribution >= 4 is 5.91 Å². The molecule has 0 aromatic carbocycles. The van der Waals surface area contributed by atoms with E-state index in [2.05, 4.69) is 17.3 Å². The Hall–Kier alpha value is -1.32. The molecule has 3 unspecified atom stereocenters. The lowest BCUT2D eigenvalue weighted by Crippen LogP contribution is -2.34. The number of hydrogen-bond acceptors (Lipinski definition) is 2. The Kier molecular flexibility index (Phi) is 5.07. The molecular weight excluding hydrogens is 262 g/mol. The number of carbonyl (C=O) groups is 1.